The molecule has 0 heterocycles. The summed E-state index contributed by atoms with van der Waals surface area (Å²) in [5, 5.41) is 10.6. The van der Waals surface area contributed by atoms with Gasteiger partial charge in [0.15, 0.2) is 6.10 Å². The molecule has 0 amide bonds. The Labute approximate surface area is 247 Å². The van der Waals surface area contributed by atoms with Gasteiger partial charge in [-0.15, -0.1) is 0 Å². The maximum atomic E-state index is 12.9. The molecule has 5 aliphatic carbocycles. The number of fused-ring (bicyclic) bond motifs is 7. The topological polar surface area (TPSA) is 89.9 Å². The maximum Gasteiger partial charge on any atom is 0.347 e. The number of rotatable bonds is 5. The molecule has 0 saturated heterocycles. The average Bonchev–Trinajstić information content (AvgIpc) is 3.25. The Bertz CT molecular complexity index is 1110. The fraction of sp³-hybridized carbons (Fsp3) is 0.857. The lowest BCUT2D eigenvalue weighted by atomic mass is 9.32. The minimum atomic E-state index is -0.896. The molecule has 0 spiro atoms. The number of esters is 2. The zero-order chi connectivity index (χ0) is 30.2. The van der Waals surface area contributed by atoms with E-state index in [2.05, 4.69) is 53.7 Å². The van der Waals surface area contributed by atoms with Gasteiger partial charge in [-0.2, -0.15) is 0 Å². The van der Waals surface area contributed by atoms with Crippen molar-refractivity contribution in [1.82, 2.24) is 0 Å². The molecule has 5 fully saturated rings. The van der Waals surface area contributed by atoms with Crippen LogP contribution in [0.15, 0.2) is 12.2 Å². The van der Waals surface area contributed by atoms with Crippen molar-refractivity contribution in [2.45, 2.75) is 132 Å². The van der Waals surface area contributed by atoms with Crippen LogP contribution in [0.3, 0.4) is 0 Å². The Hall–Kier alpha value is -1.85. The SMILES string of the molecule is C/C=C/[C@@H]1CCC2(C(=O)O)CC[C@]3(C)C(CCC4[C@@]5(C)CC[C@H](OC(=O)C(C)OC(C)=O)C(C)(C)[C@@H]5CC[C@]43C)C12. The first-order valence-corrected chi connectivity index (χ1v) is 16.3. The minimum absolute atomic E-state index is 0.116. The molecule has 0 radical (unpaired) electrons. The summed E-state index contributed by atoms with van der Waals surface area (Å²) in [6.07, 6.45) is 13.3. The van der Waals surface area contributed by atoms with Gasteiger partial charge in [0.2, 0.25) is 0 Å². The van der Waals surface area contributed by atoms with Crippen molar-refractivity contribution in [1.29, 1.82) is 0 Å². The van der Waals surface area contributed by atoms with E-state index in [-0.39, 0.29) is 33.7 Å². The summed E-state index contributed by atoms with van der Waals surface area (Å²) in [7, 11) is 0. The van der Waals surface area contributed by atoms with E-state index in [0.717, 1.165) is 64.2 Å². The van der Waals surface area contributed by atoms with Crippen molar-refractivity contribution in [2.24, 2.45) is 56.7 Å². The first kappa shape index (κ1) is 30.6. The molecule has 6 heteroatoms. The summed E-state index contributed by atoms with van der Waals surface area (Å²) >= 11 is 0. The molecule has 6 nitrogen and oxygen atoms in total. The van der Waals surface area contributed by atoms with Crippen LogP contribution in [0.1, 0.15) is 120 Å². The third kappa shape index (κ3) is 4.26. The predicted octanol–water partition coefficient (Wildman–Crippen LogP) is 7.59. The highest BCUT2D eigenvalue weighted by atomic mass is 16.6. The van der Waals surface area contributed by atoms with Gasteiger partial charge in [0, 0.05) is 12.3 Å². The van der Waals surface area contributed by atoms with Crippen LogP contribution in [0.4, 0.5) is 0 Å². The molecule has 0 aromatic carbocycles. The van der Waals surface area contributed by atoms with Gasteiger partial charge in [0.25, 0.3) is 0 Å². The quantitative estimate of drug-likeness (QED) is 0.270. The van der Waals surface area contributed by atoms with Gasteiger partial charge in [-0.05, 0) is 124 Å². The third-order valence-corrected chi connectivity index (χ3v) is 14.2. The Morgan fingerprint density at radius 1 is 0.854 bits per heavy atom. The molecule has 41 heavy (non-hydrogen) atoms. The summed E-state index contributed by atoms with van der Waals surface area (Å²) in [4.78, 5) is 37.1. The van der Waals surface area contributed by atoms with Crippen LogP contribution in [-0.2, 0) is 23.9 Å². The Kier molecular flexibility index (Phi) is 7.55. The van der Waals surface area contributed by atoms with Crippen LogP contribution in [0, 0.1) is 56.7 Å². The monoisotopic (exact) mass is 570 g/mol. The van der Waals surface area contributed by atoms with Crippen LogP contribution < -0.4 is 0 Å². The summed E-state index contributed by atoms with van der Waals surface area (Å²) in [5.41, 5.74) is -0.353. The number of allylic oxidation sites excluding steroid dienone is 2. The van der Waals surface area contributed by atoms with Crippen LogP contribution in [0.25, 0.3) is 0 Å². The second-order valence-electron chi connectivity index (χ2n) is 15.9. The normalized spacial score (nSPS) is 47.3. The molecule has 1 N–H and O–H groups in total. The number of carbonyl (C=O) groups is 3. The molecule has 5 aliphatic rings. The second kappa shape index (κ2) is 10.1. The fourth-order valence-corrected chi connectivity index (χ4v) is 12.2. The van der Waals surface area contributed by atoms with Gasteiger partial charge < -0.3 is 14.6 Å². The van der Waals surface area contributed by atoms with Gasteiger partial charge in [-0.1, -0.05) is 46.8 Å². The van der Waals surface area contributed by atoms with Crippen molar-refractivity contribution >= 4 is 17.9 Å². The van der Waals surface area contributed by atoms with Crippen molar-refractivity contribution in [2.75, 3.05) is 0 Å². The van der Waals surface area contributed by atoms with Crippen LogP contribution >= 0.6 is 0 Å². The molecule has 5 saturated carbocycles. The molecule has 11 atom stereocenters. The number of ether oxygens (including phenoxy) is 2. The standard InChI is InChI=1S/C35H54O6/c1-9-10-23-13-18-35(30(38)39)20-19-33(7)24(28(23)35)11-12-26-32(6)16-15-27(41-29(37)21(2)40-22(3)36)31(4,5)25(32)14-17-34(26,33)8/h9-10,21,23-28H,11-20H2,1-8H3,(H,38,39)/b10-9+/t21?,23-,24?,25+,26?,27+,28?,32+,33-,34-,35?/m1/s1. The summed E-state index contributed by atoms with van der Waals surface area (Å²) in [6.45, 7) is 17.2. The van der Waals surface area contributed by atoms with Crippen molar-refractivity contribution in [3.63, 3.8) is 0 Å². The van der Waals surface area contributed by atoms with E-state index >= 15 is 0 Å². The van der Waals surface area contributed by atoms with E-state index in [1.807, 2.05) is 0 Å². The molecule has 0 aliphatic heterocycles. The van der Waals surface area contributed by atoms with Crippen molar-refractivity contribution in [3.05, 3.63) is 12.2 Å². The summed E-state index contributed by atoms with van der Waals surface area (Å²) in [6, 6.07) is 0. The third-order valence-electron chi connectivity index (χ3n) is 14.2. The van der Waals surface area contributed by atoms with Gasteiger partial charge in [0.05, 0.1) is 5.41 Å². The first-order chi connectivity index (χ1) is 19.1. The van der Waals surface area contributed by atoms with Crippen LogP contribution in [-0.4, -0.2) is 35.2 Å². The number of hydrogen-bond acceptors (Lipinski definition) is 5. The molecular weight excluding hydrogens is 516 g/mol. The Morgan fingerprint density at radius 3 is 2.20 bits per heavy atom. The van der Waals surface area contributed by atoms with Gasteiger partial charge in [-0.3, -0.25) is 9.59 Å². The Morgan fingerprint density at radius 2 is 1.56 bits per heavy atom. The van der Waals surface area contributed by atoms with Crippen LogP contribution in [0.5, 0.6) is 0 Å². The van der Waals surface area contributed by atoms with E-state index in [9.17, 15) is 19.5 Å². The number of carbonyl (C=O) groups excluding carboxylic acids is 2. The van der Waals surface area contributed by atoms with E-state index in [1.54, 1.807) is 6.92 Å². The molecule has 0 aromatic heterocycles. The lowest BCUT2D eigenvalue weighted by Crippen LogP contribution is -2.67. The number of carboxylic acids is 1. The molecule has 0 aromatic rings. The molecule has 5 unspecified atom stereocenters. The van der Waals surface area contributed by atoms with Crippen molar-refractivity contribution in [3.8, 4) is 0 Å². The lowest BCUT2D eigenvalue weighted by Gasteiger charge is -2.72. The summed E-state index contributed by atoms with van der Waals surface area (Å²) in [5.74, 6) is 0.529. The van der Waals surface area contributed by atoms with E-state index < -0.39 is 29.4 Å². The highest BCUT2D eigenvalue weighted by Crippen LogP contribution is 2.77. The van der Waals surface area contributed by atoms with E-state index in [1.165, 1.54) is 6.92 Å². The van der Waals surface area contributed by atoms with E-state index in [4.69, 9.17) is 9.47 Å². The van der Waals surface area contributed by atoms with Gasteiger partial charge in [0.1, 0.15) is 6.10 Å². The van der Waals surface area contributed by atoms with Crippen LogP contribution in [0.2, 0.25) is 0 Å². The zero-order valence-electron chi connectivity index (χ0n) is 26.8. The number of hydrogen-bond donors (Lipinski definition) is 1. The molecular formula is C35H54O6. The lowest BCUT2D eigenvalue weighted by molar-refractivity contribution is -0.251. The predicted molar refractivity (Wildman–Crippen MR) is 158 cm³/mol. The van der Waals surface area contributed by atoms with Crippen molar-refractivity contribution < 1.29 is 29.0 Å². The zero-order valence-corrected chi connectivity index (χ0v) is 26.8. The number of aliphatic carboxylic acids is 1. The minimum Gasteiger partial charge on any atom is -0.481 e. The average molecular weight is 571 g/mol. The van der Waals surface area contributed by atoms with Gasteiger partial charge >= 0.3 is 17.9 Å². The molecule has 0 bridgehead atoms. The smallest absolute Gasteiger partial charge is 0.347 e. The maximum absolute atomic E-state index is 12.9. The van der Waals surface area contributed by atoms with Gasteiger partial charge in [-0.25, -0.2) is 4.79 Å². The molecule has 230 valence electrons. The largest absolute Gasteiger partial charge is 0.481 e. The first-order valence-electron chi connectivity index (χ1n) is 16.3. The van der Waals surface area contributed by atoms with E-state index in [0.29, 0.717) is 23.7 Å². The highest BCUT2D eigenvalue weighted by Gasteiger charge is 2.72. The number of carboxylic acid groups (broad SMARTS) is 1. The molecule has 5 rings (SSSR count). The summed E-state index contributed by atoms with van der Waals surface area (Å²) < 4.78 is 11.2. The fourth-order valence-electron chi connectivity index (χ4n) is 12.2. The Balaban J connectivity index is 1.43. The second-order valence-corrected chi connectivity index (χ2v) is 15.9. The highest BCUT2D eigenvalue weighted by molar-refractivity contribution is 5.78.